The quantitative estimate of drug-likeness (QED) is 0.152. The highest BCUT2D eigenvalue weighted by atomic mass is 15.0. The molecule has 0 saturated carbocycles. The third-order valence-corrected chi connectivity index (χ3v) is 14.7. The highest BCUT2D eigenvalue weighted by Gasteiger charge is 2.27. The lowest BCUT2D eigenvalue weighted by Gasteiger charge is -2.26. The lowest BCUT2D eigenvalue weighted by atomic mass is 9.87. The molecule has 3 aromatic heterocycles. The molecule has 0 bridgehead atoms. The van der Waals surface area contributed by atoms with Gasteiger partial charge in [-0.05, 0) is 138 Å². The zero-order valence-electron chi connectivity index (χ0n) is 38.5. The first-order valence-electron chi connectivity index (χ1n) is 23.8. The van der Waals surface area contributed by atoms with E-state index < -0.39 is 0 Å². The summed E-state index contributed by atoms with van der Waals surface area (Å²) in [5.41, 5.74) is 22.0. The smallest absolute Gasteiger partial charge is 0.0586 e. The number of aryl methyl sites for hydroxylation is 2. The number of para-hydroxylation sites is 4. The van der Waals surface area contributed by atoms with Crippen molar-refractivity contribution in [3.05, 3.63) is 241 Å². The summed E-state index contributed by atoms with van der Waals surface area (Å²) in [5, 5.41) is 7.56. The number of benzene rings is 9. The maximum Gasteiger partial charge on any atom is 0.0586 e. The fourth-order valence-corrected chi connectivity index (χ4v) is 11.7. The van der Waals surface area contributed by atoms with Gasteiger partial charge in [-0.1, -0.05) is 164 Å². The topological polar surface area (TPSA) is 14.8 Å². The predicted molar refractivity (Wildman–Crippen MR) is 290 cm³/mol. The molecule has 3 heteroatoms. The van der Waals surface area contributed by atoms with Crippen LogP contribution in [0.4, 0.5) is 0 Å². The number of aromatic nitrogens is 3. The Labute approximate surface area is 396 Å². The van der Waals surface area contributed by atoms with E-state index >= 15 is 0 Å². The van der Waals surface area contributed by atoms with E-state index in [0.717, 1.165) is 23.4 Å². The van der Waals surface area contributed by atoms with Crippen molar-refractivity contribution in [2.75, 3.05) is 0 Å². The van der Waals surface area contributed by atoms with E-state index in [0.29, 0.717) is 0 Å². The van der Waals surface area contributed by atoms with Crippen molar-refractivity contribution < 1.29 is 0 Å². The lowest BCUT2D eigenvalue weighted by molar-refractivity contribution is 0.632. The standard InChI is InChI=1S/C65H49N3/c1-41(2)44-38-46(67-57-33-14-11-26-54(57)63-50(29-17-36-60(63)67)49-28-16-21-43(4)62(49)48-24-9-8-20-42(48)3)40-47(39-44)68-58-34-15-12-27-55(58)65-52(31-19-37-61(65)68)51-30-18-35-59-64(51)53-25-10-13-32-56(53)66(59)45-22-6-5-7-23-45/h5-38,40,47H,1,39H2,2-4H3. The molecule has 68 heavy (non-hydrogen) atoms. The fourth-order valence-electron chi connectivity index (χ4n) is 11.7. The molecule has 1 unspecified atom stereocenters. The minimum atomic E-state index is 0.0129. The Kier molecular flexibility index (Phi) is 9.16. The minimum Gasteiger partial charge on any atom is -0.333 e. The fraction of sp³-hybridized carbons (Fsp3) is 0.0769. The Morgan fingerprint density at radius 3 is 1.54 bits per heavy atom. The van der Waals surface area contributed by atoms with Crippen molar-refractivity contribution in [3.63, 3.8) is 0 Å². The lowest BCUT2D eigenvalue weighted by Crippen LogP contribution is -2.13. The molecule has 1 atom stereocenters. The number of fused-ring (bicyclic) bond motifs is 9. The van der Waals surface area contributed by atoms with Crippen molar-refractivity contribution in [1.82, 2.24) is 13.7 Å². The Hall–Kier alpha value is -8.40. The summed E-state index contributed by atoms with van der Waals surface area (Å²) < 4.78 is 7.53. The average molecular weight is 872 g/mol. The second kappa shape index (κ2) is 15.6. The molecule has 0 fully saturated rings. The SMILES string of the molecule is C=C(C)C1=CC(n2c3ccccc3c3c(-c4cccc(C)c4-c4ccccc4C)cccc32)=CC(n2c3ccccc3c3c(-c4cccc5c4c4ccccc4n5-c4ccccc4)cccc32)C1. The summed E-state index contributed by atoms with van der Waals surface area (Å²) >= 11 is 0. The van der Waals surface area contributed by atoms with Gasteiger partial charge in [-0.3, -0.25) is 0 Å². The predicted octanol–water partition coefficient (Wildman–Crippen LogP) is 17.6. The van der Waals surface area contributed by atoms with Gasteiger partial charge < -0.3 is 13.7 Å². The number of allylic oxidation sites excluding steroid dienone is 5. The van der Waals surface area contributed by atoms with E-state index in [4.69, 9.17) is 0 Å². The Bertz CT molecular complexity index is 4110. The highest BCUT2D eigenvalue weighted by Crippen LogP contribution is 2.48. The third kappa shape index (κ3) is 5.98. The summed E-state index contributed by atoms with van der Waals surface area (Å²) in [6.07, 6.45) is 5.75. The maximum atomic E-state index is 4.58. The monoisotopic (exact) mass is 871 g/mol. The van der Waals surface area contributed by atoms with E-state index in [1.165, 1.54) is 115 Å². The van der Waals surface area contributed by atoms with Crippen LogP contribution in [-0.2, 0) is 0 Å². The van der Waals surface area contributed by atoms with E-state index in [9.17, 15) is 0 Å². The zero-order valence-corrected chi connectivity index (χ0v) is 38.5. The van der Waals surface area contributed by atoms with Crippen LogP contribution in [0, 0.1) is 13.8 Å². The molecule has 0 aliphatic heterocycles. The van der Waals surface area contributed by atoms with E-state index in [1.807, 2.05) is 0 Å². The van der Waals surface area contributed by atoms with Gasteiger partial charge in [-0.15, -0.1) is 0 Å². The number of nitrogens with zero attached hydrogens (tertiary/aromatic N) is 3. The Morgan fingerprint density at radius 2 is 0.882 bits per heavy atom. The molecule has 9 aromatic carbocycles. The van der Waals surface area contributed by atoms with Gasteiger partial charge in [0.2, 0.25) is 0 Å². The van der Waals surface area contributed by atoms with E-state index in [-0.39, 0.29) is 6.04 Å². The summed E-state index contributed by atoms with van der Waals surface area (Å²) in [4.78, 5) is 0. The normalized spacial score (nSPS) is 14.1. The van der Waals surface area contributed by atoms with Gasteiger partial charge in [0.25, 0.3) is 0 Å². The van der Waals surface area contributed by atoms with Crippen LogP contribution >= 0.6 is 0 Å². The zero-order chi connectivity index (χ0) is 45.6. The van der Waals surface area contributed by atoms with Crippen LogP contribution in [0.3, 0.4) is 0 Å². The van der Waals surface area contributed by atoms with Crippen LogP contribution in [0.25, 0.3) is 110 Å². The van der Waals surface area contributed by atoms with Gasteiger partial charge in [0.15, 0.2) is 0 Å². The van der Waals surface area contributed by atoms with Crippen molar-refractivity contribution in [3.8, 4) is 39.1 Å². The van der Waals surface area contributed by atoms with Crippen LogP contribution in [0.1, 0.15) is 30.5 Å². The molecular weight excluding hydrogens is 823 g/mol. The van der Waals surface area contributed by atoms with Gasteiger partial charge in [0.05, 0.1) is 33.6 Å². The molecule has 13 rings (SSSR count). The highest BCUT2D eigenvalue weighted by molar-refractivity contribution is 6.22. The molecule has 0 saturated heterocycles. The minimum absolute atomic E-state index is 0.0129. The molecule has 0 spiro atoms. The Morgan fingerprint density at radius 1 is 0.426 bits per heavy atom. The van der Waals surface area contributed by atoms with E-state index in [2.05, 4.69) is 253 Å². The molecule has 324 valence electrons. The molecule has 0 amide bonds. The summed E-state index contributed by atoms with van der Waals surface area (Å²) in [7, 11) is 0. The van der Waals surface area contributed by atoms with Gasteiger partial charge in [-0.2, -0.15) is 0 Å². The molecule has 12 aromatic rings. The summed E-state index contributed by atoms with van der Waals surface area (Å²) in [6, 6.07) is 73.8. The number of hydrogen-bond donors (Lipinski definition) is 0. The molecule has 1 aliphatic rings. The van der Waals surface area contributed by atoms with Gasteiger partial charge in [0, 0.05) is 49.2 Å². The second-order valence-corrected chi connectivity index (χ2v) is 18.7. The summed E-state index contributed by atoms with van der Waals surface area (Å²) in [6.45, 7) is 11.2. The van der Waals surface area contributed by atoms with Crippen molar-refractivity contribution >= 4 is 71.1 Å². The molecule has 0 N–H and O–H groups in total. The van der Waals surface area contributed by atoms with Crippen LogP contribution in [0.15, 0.2) is 230 Å². The number of rotatable bonds is 7. The third-order valence-electron chi connectivity index (χ3n) is 14.7. The summed E-state index contributed by atoms with van der Waals surface area (Å²) in [5.74, 6) is 0. The molecule has 0 radical (unpaired) electrons. The second-order valence-electron chi connectivity index (χ2n) is 18.7. The average Bonchev–Trinajstić information content (AvgIpc) is 4.03. The van der Waals surface area contributed by atoms with Crippen molar-refractivity contribution in [2.45, 2.75) is 33.2 Å². The van der Waals surface area contributed by atoms with E-state index in [1.54, 1.807) is 0 Å². The van der Waals surface area contributed by atoms with Crippen LogP contribution in [-0.4, -0.2) is 13.7 Å². The first-order chi connectivity index (χ1) is 33.4. The van der Waals surface area contributed by atoms with Crippen LogP contribution < -0.4 is 0 Å². The Balaban J connectivity index is 1.04. The van der Waals surface area contributed by atoms with Gasteiger partial charge in [0.1, 0.15) is 0 Å². The van der Waals surface area contributed by atoms with Crippen molar-refractivity contribution in [1.29, 1.82) is 0 Å². The van der Waals surface area contributed by atoms with Crippen LogP contribution in [0.2, 0.25) is 0 Å². The molecule has 3 nitrogen and oxygen atoms in total. The van der Waals surface area contributed by atoms with Crippen molar-refractivity contribution in [2.24, 2.45) is 0 Å². The van der Waals surface area contributed by atoms with Crippen LogP contribution in [0.5, 0.6) is 0 Å². The largest absolute Gasteiger partial charge is 0.333 e. The number of hydrogen-bond acceptors (Lipinski definition) is 0. The first kappa shape index (κ1) is 39.9. The molecular formula is C65H49N3. The maximum absolute atomic E-state index is 4.58. The van der Waals surface area contributed by atoms with Gasteiger partial charge in [-0.25, -0.2) is 0 Å². The molecule has 3 heterocycles. The first-order valence-corrected chi connectivity index (χ1v) is 23.8. The molecule has 1 aliphatic carbocycles. The van der Waals surface area contributed by atoms with Gasteiger partial charge >= 0.3 is 0 Å².